The van der Waals surface area contributed by atoms with E-state index < -0.39 is 0 Å². The predicted molar refractivity (Wildman–Crippen MR) is 68.8 cm³/mol. The van der Waals surface area contributed by atoms with Crippen molar-refractivity contribution >= 4 is 15.9 Å². The molecule has 1 aromatic carbocycles. The van der Waals surface area contributed by atoms with E-state index in [1.54, 1.807) is 12.1 Å². The standard InChI is InChI=1S/C13H18BrFO/c1-3-4-5-6-11(14)10-7-8-13(16-2)12(15)9-10/h7-9,11H,3-6H2,1-2H3. The first kappa shape index (κ1) is 13.5. The SMILES string of the molecule is CCCCCC(Br)c1ccc(OC)c(F)c1. The van der Waals surface area contributed by atoms with Crippen molar-refractivity contribution in [2.45, 2.75) is 37.4 Å². The third-order valence-corrected chi connectivity index (χ3v) is 3.59. The molecule has 0 N–H and O–H groups in total. The second-order valence-electron chi connectivity index (χ2n) is 3.86. The zero-order valence-corrected chi connectivity index (χ0v) is 11.4. The van der Waals surface area contributed by atoms with Gasteiger partial charge in [-0.25, -0.2) is 4.39 Å². The molecule has 1 nitrogen and oxygen atoms in total. The highest BCUT2D eigenvalue weighted by Crippen LogP contribution is 2.31. The van der Waals surface area contributed by atoms with Gasteiger partial charge in [-0.3, -0.25) is 0 Å². The summed E-state index contributed by atoms with van der Waals surface area (Å²) in [4.78, 5) is 0.236. The fourth-order valence-electron chi connectivity index (χ4n) is 1.62. The maximum Gasteiger partial charge on any atom is 0.165 e. The molecule has 0 aliphatic rings. The van der Waals surface area contributed by atoms with E-state index in [0.29, 0.717) is 5.75 Å². The van der Waals surface area contributed by atoms with Crippen LogP contribution in [-0.2, 0) is 0 Å². The number of methoxy groups -OCH3 is 1. The van der Waals surface area contributed by atoms with Gasteiger partial charge in [0.1, 0.15) is 0 Å². The van der Waals surface area contributed by atoms with E-state index in [-0.39, 0.29) is 10.6 Å². The predicted octanol–water partition coefficient (Wildman–Crippen LogP) is 4.85. The number of benzene rings is 1. The van der Waals surface area contributed by atoms with E-state index in [0.717, 1.165) is 12.0 Å². The van der Waals surface area contributed by atoms with Crippen LogP contribution in [0.1, 0.15) is 43.0 Å². The van der Waals surface area contributed by atoms with Crippen LogP contribution in [0.15, 0.2) is 18.2 Å². The Bertz CT molecular complexity index is 328. The molecular formula is C13H18BrFO. The molecule has 1 unspecified atom stereocenters. The smallest absolute Gasteiger partial charge is 0.165 e. The highest BCUT2D eigenvalue weighted by molar-refractivity contribution is 9.09. The fraction of sp³-hybridized carbons (Fsp3) is 0.538. The van der Waals surface area contributed by atoms with Crippen LogP contribution >= 0.6 is 15.9 Å². The maximum atomic E-state index is 13.5. The quantitative estimate of drug-likeness (QED) is 0.537. The minimum atomic E-state index is -0.292. The number of unbranched alkanes of at least 4 members (excludes halogenated alkanes) is 2. The highest BCUT2D eigenvalue weighted by Gasteiger charge is 2.10. The molecule has 1 atom stereocenters. The van der Waals surface area contributed by atoms with Gasteiger partial charge in [0.15, 0.2) is 11.6 Å². The molecule has 1 aromatic rings. The maximum absolute atomic E-state index is 13.5. The first-order valence-electron chi connectivity index (χ1n) is 5.66. The Morgan fingerprint density at radius 2 is 2.12 bits per heavy atom. The van der Waals surface area contributed by atoms with Crippen molar-refractivity contribution in [2.75, 3.05) is 7.11 Å². The van der Waals surface area contributed by atoms with Gasteiger partial charge < -0.3 is 4.74 Å². The molecule has 0 saturated carbocycles. The van der Waals surface area contributed by atoms with Crippen LogP contribution in [0.25, 0.3) is 0 Å². The second-order valence-corrected chi connectivity index (χ2v) is 4.96. The van der Waals surface area contributed by atoms with Gasteiger partial charge in [-0.05, 0) is 24.1 Å². The largest absolute Gasteiger partial charge is 0.494 e. The average molecular weight is 289 g/mol. The number of hydrogen-bond acceptors (Lipinski definition) is 1. The fourth-order valence-corrected chi connectivity index (χ4v) is 2.23. The van der Waals surface area contributed by atoms with Crippen molar-refractivity contribution in [1.29, 1.82) is 0 Å². The van der Waals surface area contributed by atoms with Crippen LogP contribution < -0.4 is 4.74 Å². The topological polar surface area (TPSA) is 9.23 Å². The van der Waals surface area contributed by atoms with Crippen molar-refractivity contribution in [3.63, 3.8) is 0 Å². The van der Waals surface area contributed by atoms with Crippen molar-refractivity contribution in [1.82, 2.24) is 0 Å². The van der Waals surface area contributed by atoms with E-state index in [2.05, 4.69) is 22.9 Å². The van der Waals surface area contributed by atoms with Gasteiger partial charge in [-0.1, -0.05) is 48.2 Å². The first-order chi connectivity index (χ1) is 7.69. The summed E-state index contributed by atoms with van der Waals surface area (Å²) in [6, 6.07) is 5.14. The molecule has 0 heterocycles. The molecule has 0 fully saturated rings. The molecule has 3 heteroatoms. The van der Waals surface area contributed by atoms with Gasteiger partial charge >= 0.3 is 0 Å². The third-order valence-electron chi connectivity index (χ3n) is 2.60. The second kappa shape index (κ2) is 6.89. The summed E-state index contributed by atoms with van der Waals surface area (Å²) in [7, 11) is 1.48. The molecule has 0 amide bonds. The van der Waals surface area contributed by atoms with Gasteiger partial charge in [-0.15, -0.1) is 0 Å². The number of ether oxygens (including phenoxy) is 1. The number of rotatable bonds is 6. The van der Waals surface area contributed by atoms with Crippen molar-refractivity contribution in [2.24, 2.45) is 0 Å². The van der Waals surface area contributed by atoms with Crippen LogP contribution in [0, 0.1) is 5.82 Å². The minimum absolute atomic E-state index is 0.236. The lowest BCUT2D eigenvalue weighted by Crippen LogP contribution is -1.94. The molecule has 0 spiro atoms. The Hall–Kier alpha value is -0.570. The monoisotopic (exact) mass is 288 g/mol. The molecule has 0 saturated heterocycles. The van der Waals surface area contributed by atoms with E-state index in [9.17, 15) is 4.39 Å². The number of alkyl halides is 1. The molecule has 0 radical (unpaired) electrons. The molecular weight excluding hydrogens is 271 g/mol. The Labute approximate surface area is 105 Å². The normalized spacial score (nSPS) is 12.5. The first-order valence-corrected chi connectivity index (χ1v) is 6.58. The van der Waals surface area contributed by atoms with Gasteiger partial charge in [-0.2, -0.15) is 0 Å². The summed E-state index contributed by atoms with van der Waals surface area (Å²) in [5, 5.41) is 0. The molecule has 0 aliphatic heterocycles. The van der Waals surface area contributed by atoms with Gasteiger partial charge in [0, 0.05) is 4.83 Å². The number of hydrogen-bond donors (Lipinski definition) is 0. The molecule has 16 heavy (non-hydrogen) atoms. The van der Waals surface area contributed by atoms with E-state index in [1.807, 2.05) is 6.07 Å². The lowest BCUT2D eigenvalue weighted by atomic mass is 10.1. The molecule has 0 bridgehead atoms. The van der Waals surface area contributed by atoms with E-state index in [1.165, 1.54) is 26.4 Å². The average Bonchev–Trinajstić information content (AvgIpc) is 2.29. The summed E-state index contributed by atoms with van der Waals surface area (Å²) in [5.74, 6) is 0.0111. The summed E-state index contributed by atoms with van der Waals surface area (Å²) in [6.45, 7) is 2.18. The molecule has 90 valence electrons. The minimum Gasteiger partial charge on any atom is -0.494 e. The van der Waals surface area contributed by atoms with Crippen molar-refractivity contribution in [3.8, 4) is 5.75 Å². The summed E-state index contributed by atoms with van der Waals surface area (Å²) in [5.41, 5.74) is 0.981. The van der Waals surface area contributed by atoms with Gasteiger partial charge in [0.25, 0.3) is 0 Å². The molecule has 0 aromatic heterocycles. The Morgan fingerprint density at radius 3 is 2.69 bits per heavy atom. The Morgan fingerprint density at radius 1 is 1.38 bits per heavy atom. The van der Waals surface area contributed by atoms with Crippen LogP contribution in [0.2, 0.25) is 0 Å². The lowest BCUT2D eigenvalue weighted by molar-refractivity contribution is 0.386. The van der Waals surface area contributed by atoms with E-state index in [4.69, 9.17) is 4.74 Å². The summed E-state index contributed by atoms with van der Waals surface area (Å²) < 4.78 is 18.3. The molecule has 0 aliphatic carbocycles. The number of halogens is 2. The van der Waals surface area contributed by atoms with Crippen LogP contribution in [0.4, 0.5) is 4.39 Å². The van der Waals surface area contributed by atoms with Gasteiger partial charge in [0.05, 0.1) is 7.11 Å². The Kier molecular flexibility index (Phi) is 5.81. The van der Waals surface area contributed by atoms with E-state index >= 15 is 0 Å². The van der Waals surface area contributed by atoms with Crippen LogP contribution in [0.3, 0.4) is 0 Å². The summed E-state index contributed by atoms with van der Waals surface area (Å²) in [6.07, 6.45) is 4.64. The molecule has 1 rings (SSSR count). The highest BCUT2D eigenvalue weighted by atomic mass is 79.9. The third kappa shape index (κ3) is 3.78. The van der Waals surface area contributed by atoms with Crippen LogP contribution in [0.5, 0.6) is 5.75 Å². The van der Waals surface area contributed by atoms with Crippen molar-refractivity contribution < 1.29 is 9.13 Å². The van der Waals surface area contributed by atoms with Crippen LogP contribution in [-0.4, -0.2) is 7.11 Å². The zero-order valence-electron chi connectivity index (χ0n) is 9.80. The Balaban J connectivity index is 2.62. The summed E-state index contributed by atoms with van der Waals surface area (Å²) >= 11 is 3.59. The zero-order chi connectivity index (χ0) is 12.0. The van der Waals surface area contributed by atoms with Crippen molar-refractivity contribution in [3.05, 3.63) is 29.6 Å². The van der Waals surface area contributed by atoms with Gasteiger partial charge in [0.2, 0.25) is 0 Å². The lowest BCUT2D eigenvalue weighted by Gasteiger charge is -2.11.